The highest BCUT2D eigenvalue weighted by molar-refractivity contribution is 6.31. The van der Waals surface area contributed by atoms with E-state index in [1.807, 2.05) is 18.2 Å². The Kier molecular flexibility index (Phi) is 5.31. The summed E-state index contributed by atoms with van der Waals surface area (Å²) in [5.74, 6) is -1.57. The van der Waals surface area contributed by atoms with E-state index >= 15 is 0 Å². The number of benzene rings is 2. The van der Waals surface area contributed by atoms with Crippen LogP contribution in [0.1, 0.15) is 34.0 Å². The lowest BCUT2D eigenvalue weighted by Crippen LogP contribution is -2.20. The fourth-order valence-corrected chi connectivity index (χ4v) is 4.18. The maximum Gasteiger partial charge on any atom is 0.335 e. The molecular formula is C23H17ClN6O3. The number of fused-ring (bicyclic) bond motifs is 1. The number of carboxylic acids is 1. The molecule has 2 aromatic carbocycles. The Morgan fingerprint density at radius 3 is 2.67 bits per heavy atom. The molecule has 1 aliphatic rings. The van der Waals surface area contributed by atoms with Gasteiger partial charge in [-0.3, -0.25) is 9.78 Å². The third-order valence-electron chi connectivity index (χ3n) is 5.62. The number of amides is 1. The van der Waals surface area contributed by atoms with Gasteiger partial charge in [0.05, 0.1) is 22.9 Å². The monoisotopic (exact) mass is 460 g/mol. The van der Waals surface area contributed by atoms with Gasteiger partial charge in [-0.2, -0.15) is 4.68 Å². The molecule has 5 rings (SSSR count). The summed E-state index contributed by atoms with van der Waals surface area (Å²) in [6.07, 6.45) is 4.59. The summed E-state index contributed by atoms with van der Waals surface area (Å²) < 4.78 is 1.56. The lowest BCUT2D eigenvalue weighted by molar-refractivity contribution is -0.117. The van der Waals surface area contributed by atoms with Crippen molar-refractivity contribution < 1.29 is 14.7 Å². The van der Waals surface area contributed by atoms with Gasteiger partial charge in [-0.05, 0) is 77.4 Å². The number of nitrogens with one attached hydrogen (secondary N) is 1. The molecule has 0 bridgehead atoms. The summed E-state index contributed by atoms with van der Waals surface area (Å²) in [5, 5.41) is 23.8. The Labute approximate surface area is 193 Å². The zero-order valence-electron chi connectivity index (χ0n) is 17.1. The molecule has 0 aliphatic heterocycles. The Balaban J connectivity index is 1.41. The molecule has 0 saturated heterocycles. The van der Waals surface area contributed by atoms with Crippen LogP contribution in [0.4, 0.5) is 5.69 Å². The molecule has 9 nitrogen and oxygen atoms in total. The van der Waals surface area contributed by atoms with Gasteiger partial charge in [0.2, 0.25) is 5.91 Å². The van der Waals surface area contributed by atoms with Crippen LogP contribution in [-0.4, -0.2) is 42.2 Å². The molecular weight excluding hydrogens is 444 g/mol. The van der Waals surface area contributed by atoms with Crippen LogP contribution in [0.3, 0.4) is 0 Å². The third-order valence-corrected chi connectivity index (χ3v) is 5.85. The van der Waals surface area contributed by atoms with Crippen molar-refractivity contribution in [1.29, 1.82) is 0 Å². The Bertz CT molecular complexity index is 1360. The molecule has 1 atom stereocenters. The highest BCUT2D eigenvalue weighted by Crippen LogP contribution is 2.36. The van der Waals surface area contributed by atoms with Gasteiger partial charge in [-0.15, -0.1) is 5.10 Å². The summed E-state index contributed by atoms with van der Waals surface area (Å²) in [6.45, 7) is 0. The number of aryl methyl sites for hydroxylation is 1. The first kappa shape index (κ1) is 20.8. The summed E-state index contributed by atoms with van der Waals surface area (Å²) >= 11 is 6.25. The van der Waals surface area contributed by atoms with Crippen LogP contribution in [0.15, 0.2) is 61.1 Å². The van der Waals surface area contributed by atoms with Gasteiger partial charge >= 0.3 is 5.97 Å². The van der Waals surface area contributed by atoms with Crippen molar-refractivity contribution in [1.82, 2.24) is 25.2 Å². The number of anilines is 1. The molecule has 164 valence electrons. The van der Waals surface area contributed by atoms with E-state index in [1.165, 1.54) is 18.5 Å². The summed E-state index contributed by atoms with van der Waals surface area (Å²) in [7, 11) is 0. The van der Waals surface area contributed by atoms with E-state index in [-0.39, 0.29) is 17.4 Å². The number of nitrogens with zero attached hydrogens (tertiary/aromatic N) is 5. The summed E-state index contributed by atoms with van der Waals surface area (Å²) in [6, 6.07) is 13.5. The number of carbonyl (C=O) groups is 2. The minimum absolute atomic E-state index is 0.162. The number of rotatable bonds is 5. The highest BCUT2D eigenvalue weighted by Gasteiger charge is 2.30. The van der Waals surface area contributed by atoms with Gasteiger partial charge in [0.1, 0.15) is 6.33 Å². The molecule has 4 aromatic rings. The van der Waals surface area contributed by atoms with Crippen molar-refractivity contribution in [2.24, 2.45) is 0 Å². The fourth-order valence-electron chi connectivity index (χ4n) is 4.01. The maximum absolute atomic E-state index is 12.9. The topological polar surface area (TPSA) is 123 Å². The number of halogens is 1. The quantitative estimate of drug-likeness (QED) is 0.465. The number of hydrogen-bond acceptors (Lipinski definition) is 6. The zero-order chi connectivity index (χ0) is 22.9. The van der Waals surface area contributed by atoms with Crippen molar-refractivity contribution in [3.05, 3.63) is 82.9 Å². The second kappa shape index (κ2) is 8.44. The van der Waals surface area contributed by atoms with Crippen LogP contribution >= 0.6 is 11.6 Å². The van der Waals surface area contributed by atoms with Gasteiger partial charge in [0.15, 0.2) is 0 Å². The Hall–Kier alpha value is -4.11. The van der Waals surface area contributed by atoms with Crippen molar-refractivity contribution >= 4 is 29.2 Å². The van der Waals surface area contributed by atoms with Crippen LogP contribution in [0.2, 0.25) is 5.02 Å². The lowest BCUT2D eigenvalue weighted by Gasteiger charge is -2.13. The van der Waals surface area contributed by atoms with E-state index in [9.17, 15) is 9.59 Å². The number of aromatic carboxylic acids is 1. The van der Waals surface area contributed by atoms with Crippen LogP contribution < -0.4 is 5.32 Å². The first-order valence-electron chi connectivity index (χ1n) is 10.2. The average Bonchev–Trinajstić information content (AvgIpc) is 3.49. The standard InChI is InChI=1S/C23H17ClN6O3/c24-16-4-8-20(30-12-26-28-29-30)19(10-16)15-9-14-3-7-18(21(14)25-11-15)22(31)27-17-5-1-13(2-6-17)23(32)33/h1-2,4-6,8-12,18H,3,7H2,(H,27,31)(H,32,33). The number of carboxylic acid groups (broad SMARTS) is 1. The predicted octanol–water partition coefficient (Wildman–Crippen LogP) is 3.74. The minimum atomic E-state index is -1.01. The van der Waals surface area contributed by atoms with E-state index < -0.39 is 5.97 Å². The SMILES string of the molecule is O=C(O)c1ccc(NC(=O)C2CCc3cc(-c4cc(Cl)ccc4-n4cnnn4)cnc32)cc1. The van der Waals surface area contributed by atoms with Crippen molar-refractivity contribution in [3.63, 3.8) is 0 Å². The minimum Gasteiger partial charge on any atom is -0.478 e. The number of aromatic nitrogens is 5. The first-order chi connectivity index (χ1) is 16.0. The predicted molar refractivity (Wildman–Crippen MR) is 120 cm³/mol. The number of carbonyl (C=O) groups excluding carboxylic acids is 1. The van der Waals surface area contributed by atoms with E-state index in [4.69, 9.17) is 16.7 Å². The average molecular weight is 461 g/mol. The second-order valence-electron chi connectivity index (χ2n) is 7.65. The molecule has 0 saturated carbocycles. The molecule has 2 aromatic heterocycles. The van der Waals surface area contributed by atoms with Crippen molar-refractivity contribution in [3.8, 4) is 16.8 Å². The van der Waals surface area contributed by atoms with Gasteiger partial charge in [-0.1, -0.05) is 11.6 Å². The van der Waals surface area contributed by atoms with Gasteiger partial charge in [0, 0.05) is 28.0 Å². The van der Waals surface area contributed by atoms with E-state index in [2.05, 4.69) is 25.8 Å². The molecule has 2 heterocycles. The smallest absolute Gasteiger partial charge is 0.335 e. The number of hydrogen-bond donors (Lipinski definition) is 2. The van der Waals surface area contributed by atoms with Gasteiger partial charge < -0.3 is 10.4 Å². The van der Waals surface area contributed by atoms with E-state index in [0.717, 1.165) is 28.1 Å². The highest BCUT2D eigenvalue weighted by atomic mass is 35.5. The normalized spacial score (nSPS) is 14.6. The number of tetrazole rings is 1. The van der Waals surface area contributed by atoms with Crippen LogP contribution in [-0.2, 0) is 11.2 Å². The van der Waals surface area contributed by atoms with Gasteiger partial charge in [0.25, 0.3) is 0 Å². The van der Waals surface area contributed by atoms with Crippen molar-refractivity contribution in [2.75, 3.05) is 5.32 Å². The van der Waals surface area contributed by atoms with Crippen LogP contribution in [0.25, 0.3) is 16.8 Å². The molecule has 1 aliphatic carbocycles. The molecule has 2 N–H and O–H groups in total. The molecule has 0 radical (unpaired) electrons. The van der Waals surface area contributed by atoms with Crippen molar-refractivity contribution in [2.45, 2.75) is 18.8 Å². The maximum atomic E-state index is 12.9. The number of pyridine rings is 1. The first-order valence-corrected chi connectivity index (χ1v) is 10.5. The van der Waals surface area contributed by atoms with Crippen LogP contribution in [0.5, 0.6) is 0 Å². The summed E-state index contributed by atoms with van der Waals surface area (Å²) in [5.41, 5.74) is 4.89. The summed E-state index contributed by atoms with van der Waals surface area (Å²) in [4.78, 5) is 28.5. The molecule has 0 fully saturated rings. The Morgan fingerprint density at radius 2 is 1.94 bits per heavy atom. The fraction of sp³-hybridized carbons (Fsp3) is 0.130. The largest absolute Gasteiger partial charge is 0.478 e. The lowest BCUT2D eigenvalue weighted by atomic mass is 10.0. The molecule has 1 unspecified atom stereocenters. The van der Waals surface area contributed by atoms with Gasteiger partial charge in [-0.25, -0.2) is 4.79 Å². The van der Waals surface area contributed by atoms with Crippen LogP contribution in [0, 0.1) is 0 Å². The third kappa shape index (κ3) is 4.06. The Morgan fingerprint density at radius 1 is 1.12 bits per heavy atom. The van der Waals surface area contributed by atoms with E-state index in [0.29, 0.717) is 23.6 Å². The molecule has 0 spiro atoms. The second-order valence-corrected chi connectivity index (χ2v) is 8.08. The molecule has 33 heavy (non-hydrogen) atoms. The molecule has 10 heteroatoms. The molecule has 1 amide bonds. The zero-order valence-corrected chi connectivity index (χ0v) is 17.9. The van der Waals surface area contributed by atoms with E-state index in [1.54, 1.807) is 29.1 Å².